The molecule has 1 aromatic rings. The Labute approximate surface area is 118 Å². The molecular weight excluding hydrogens is 273 g/mol. The van der Waals surface area contributed by atoms with Crippen molar-refractivity contribution in [3.8, 4) is 0 Å². The molecule has 0 radical (unpaired) electrons. The lowest BCUT2D eigenvalue weighted by Crippen LogP contribution is -2.29. The van der Waals surface area contributed by atoms with Crippen molar-refractivity contribution >= 4 is 23.2 Å². The Morgan fingerprint density at radius 3 is 2.56 bits per heavy atom. The summed E-state index contributed by atoms with van der Waals surface area (Å²) in [6.07, 6.45) is -0.474. The summed E-state index contributed by atoms with van der Waals surface area (Å²) >= 11 is 11.9. The lowest BCUT2D eigenvalue weighted by atomic mass is 10.1. The lowest BCUT2D eigenvalue weighted by molar-refractivity contribution is 0.116. The number of hydrogen-bond donors (Lipinski definition) is 2. The molecule has 3 nitrogen and oxygen atoms in total. The number of halogens is 2. The van der Waals surface area contributed by atoms with Crippen LogP contribution in [0, 0.1) is 0 Å². The average molecular weight is 292 g/mol. The van der Waals surface area contributed by atoms with Crippen LogP contribution in [0.4, 0.5) is 0 Å². The molecule has 5 heteroatoms. The van der Waals surface area contributed by atoms with E-state index in [1.54, 1.807) is 25.1 Å². The second kappa shape index (κ2) is 7.31. The van der Waals surface area contributed by atoms with Gasteiger partial charge in [0.2, 0.25) is 0 Å². The SMILES string of the molecule is CC(O)CN(C)CCC(O)c1cccc(Cl)c1Cl. The Kier molecular flexibility index (Phi) is 6.39. The van der Waals surface area contributed by atoms with Crippen molar-refractivity contribution in [1.82, 2.24) is 4.90 Å². The Hall–Kier alpha value is -0.320. The third-order valence-corrected chi connectivity index (χ3v) is 3.53. The summed E-state index contributed by atoms with van der Waals surface area (Å²) in [5.74, 6) is 0. The molecule has 18 heavy (non-hydrogen) atoms. The van der Waals surface area contributed by atoms with E-state index >= 15 is 0 Å². The summed E-state index contributed by atoms with van der Waals surface area (Å²) in [5.41, 5.74) is 0.648. The average Bonchev–Trinajstić information content (AvgIpc) is 2.29. The van der Waals surface area contributed by atoms with Gasteiger partial charge in [0.15, 0.2) is 0 Å². The van der Waals surface area contributed by atoms with Gasteiger partial charge in [-0.15, -0.1) is 0 Å². The standard InChI is InChI=1S/C13H19Cl2NO2/c1-9(17)8-16(2)7-6-12(18)10-4-3-5-11(14)13(10)15/h3-5,9,12,17-18H,6-8H2,1-2H3. The number of benzene rings is 1. The molecule has 0 saturated carbocycles. The number of hydrogen-bond acceptors (Lipinski definition) is 3. The molecule has 102 valence electrons. The first-order chi connectivity index (χ1) is 8.41. The van der Waals surface area contributed by atoms with Crippen LogP contribution < -0.4 is 0 Å². The van der Waals surface area contributed by atoms with Crippen molar-refractivity contribution in [2.75, 3.05) is 20.1 Å². The molecule has 0 aliphatic carbocycles. The third kappa shape index (κ3) is 4.75. The van der Waals surface area contributed by atoms with E-state index in [2.05, 4.69) is 0 Å². The molecule has 0 spiro atoms. The Balaban J connectivity index is 2.55. The lowest BCUT2D eigenvalue weighted by Gasteiger charge is -2.20. The summed E-state index contributed by atoms with van der Waals surface area (Å²) in [5, 5.41) is 20.2. The fourth-order valence-electron chi connectivity index (χ4n) is 1.82. The Morgan fingerprint density at radius 2 is 1.94 bits per heavy atom. The van der Waals surface area contributed by atoms with Crippen LogP contribution >= 0.6 is 23.2 Å². The fourth-order valence-corrected chi connectivity index (χ4v) is 2.25. The number of rotatable bonds is 6. The van der Waals surface area contributed by atoms with Crippen molar-refractivity contribution in [2.45, 2.75) is 25.6 Å². The minimum absolute atomic E-state index is 0.373. The molecule has 0 aliphatic heterocycles. The first-order valence-electron chi connectivity index (χ1n) is 5.90. The second-order valence-electron chi connectivity index (χ2n) is 4.56. The van der Waals surface area contributed by atoms with Crippen LogP contribution in [-0.4, -0.2) is 41.4 Å². The first-order valence-corrected chi connectivity index (χ1v) is 6.66. The van der Waals surface area contributed by atoms with Gasteiger partial charge in [-0.05, 0) is 26.5 Å². The summed E-state index contributed by atoms with van der Waals surface area (Å²) in [4.78, 5) is 1.96. The third-order valence-electron chi connectivity index (χ3n) is 2.70. The highest BCUT2D eigenvalue weighted by molar-refractivity contribution is 6.42. The van der Waals surface area contributed by atoms with Gasteiger partial charge in [0.1, 0.15) is 0 Å². The number of likely N-dealkylation sites (N-methyl/N-ethyl adjacent to an activating group) is 1. The van der Waals surface area contributed by atoms with Crippen LogP contribution in [0.5, 0.6) is 0 Å². The largest absolute Gasteiger partial charge is 0.392 e. The molecule has 0 saturated heterocycles. The van der Waals surface area contributed by atoms with E-state index in [1.165, 1.54) is 0 Å². The maximum Gasteiger partial charge on any atom is 0.0817 e. The monoisotopic (exact) mass is 291 g/mol. The molecule has 0 aliphatic rings. The van der Waals surface area contributed by atoms with Gasteiger partial charge in [-0.3, -0.25) is 0 Å². The van der Waals surface area contributed by atoms with E-state index in [0.717, 1.165) is 0 Å². The van der Waals surface area contributed by atoms with Crippen molar-refractivity contribution in [2.24, 2.45) is 0 Å². The molecule has 0 heterocycles. The van der Waals surface area contributed by atoms with Gasteiger partial charge >= 0.3 is 0 Å². The van der Waals surface area contributed by atoms with Gasteiger partial charge in [-0.25, -0.2) is 0 Å². The second-order valence-corrected chi connectivity index (χ2v) is 5.34. The highest BCUT2D eigenvalue weighted by Gasteiger charge is 2.14. The van der Waals surface area contributed by atoms with Crippen molar-refractivity contribution in [1.29, 1.82) is 0 Å². The van der Waals surface area contributed by atoms with Gasteiger partial charge < -0.3 is 15.1 Å². The van der Waals surface area contributed by atoms with Crippen LogP contribution in [0.3, 0.4) is 0 Å². The zero-order chi connectivity index (χ0) is 13.7. The van der Waals surface area contributed by atoms with Gasteiger partial charge in [0.25, 0.3) is 0 Å². The normalized spacial score (nSPS) is 14.8. The number of aliphatic hydroxyl groups excluding tert-OH is 2. The Bertz CT molecular complexity index is 385. The smallest absolute Gasteiger partial charge is 0.0817 e. The Morgan fingerprint density at radius 1 is 1.28 bits per heavy atom. The molecule has 2 unspecified atom stereocenters. The molecule has 1 aromatic carbocycles. The van der Waals surface area contributed by atoms with Crippen LogP contribution in [0.1, 0.15) is 25.0 Å². The van der Waals surface area contributed by atoms with Gasteiger partial charge in [-0.1, -0.05) is 35.3 Å². The maximum atomic E-state index is 10.1. The zero-order valence-electron chi connectivity index (χ0n) is 10.6. The minimum Gasteiger partial charge on any atom is -0.392 e. The van der Waals surface area contributed by atoms with E-state index in [0.29, 0.717) is 35.1 Å². The van der Waals surface area contributed by atoms with Crippen LogP contribution in [-0.2, 0) is 0 Å². The molecule has 2 N–H and O–H groups in total. The molecule has 0 fully saturated rings. The van der Waals surface area contributed by atoms with Gasteiger partial charge in [0, 0.05) is 18.7 Å². The molecule has 0 amide bonds. The molecular formula is C13H19Cl2NO2. The minimum atomic E-state index is -0.646. The van der Waals surface area contributed by atoms with Crippen LogP contribution in [0.25, 0.3) is 0 Å². The summed E-state index contributed by atoms with van der Waals surface area (Å²) < 4.78 is 0. The fraction of sp³-hybridized carbons (Fsp3) is 0.538. The van der Waals surface area contributed by atoms with E-state index in [-0.39, 0.29) is 6.10 Å². The molecule has 0 bridgehead atoms. The zero-order valence-corrected chi connectivity index (χ0v) is 12.1. The van der Waals surface area contributed by atoms with E-state index in [4.69, 9.17) is 23.2 Å². The molecule has 1 rings (SSSR count). The van der Waals surface area contributed by atoms with Crippen LogP contribution in [0.15, 0.2) is 18.2 Å². The van der Waals surface area contributed by atoms with Crippen molar-refractivity contribution in [3.63, 3.8) is 0 Å². The summed E-state index contributed by atoms with van der Waals surface area (Å²) in [6.45, 7) is 2.99. The highest BCUT2D eigenvalue weighted by atomic mass is 35.5. The first kappa shape index (κ1) is 15.7. The molecule has 0 aromatic heterocycles. The summed E-state index contributed by atoms with van der Waals surface area (Å²) in [7, 11) is 1.90. The number of nitrogens with zero attached hydrogens (tertiary/aromatic N) is 1. The number of aliphatic hydroxyl groups is 2. The van der Waals surface area contributed by atoms with E-state index in [1.807, 2.05) is 11.9 Å². The van der Waals surface area contributed by atoms with E-state index < -0.39 is 6.10 Å². The van der Waals surface area contributed by atoms with Gasteiger partial charge in [0.05, 0.1) is 22.3 Å². The maximum absolute atomic E-state index is 10.1. The van der Waals surface area contributed by atoms with Gasteiger partial charge in [-0.2, -0.15) is 0 Å². The van der Waals surface area contributed by atoms with Crippen LogP contribution in [0.2, 0.25) is 10.0 Å². The molecule has 2 atom stereocenters. The van der Waals surface area contributed by atoms with Crippen molar-refractivity contribution < 1.29 is 10.2 Å². The predicted molar refractivity (Wildman–Crippen MR) is 75.2 cm³/mol. The predicted octanol–water partition coefficient (Wildman–Crippen LogP) is 2.73. The van der Waals surface area contributed by atoms with E-state index in [9.17, 15) is 10.2 Å². The summed E-state index contributed by atoms with van der Waals surface area (Å²) in [6, 6.07) is 5.24. The topological polar surface area (TPSA) is 43.7 Å². The highest BCUT2D eigenvalue weighted by Crippen LogP contribution is 2.31. The van der Waals surface area contributed by atoms with Crippen molar-refractivity contribution in [3.05, 3.63) is 33.8 Å². The quantitative estimate of drug-likeness (QED) is 0.847.